The molecule has 8 heteroatoms. The maximum atomic E-state index is 4.53. The number of rotatable bonds is 3. The van der Waals surface area contributed by atoms with Crippen LogP contribution in [-0.4, -0.2) is 40.1 Å². The van der Waals surface area contributed by atoms with Crippen LogP contribution in [0.5, 0.6) is 0 Å². The van der Waals surface area contributed by atoms with Gasteiger partial charge in [-0.15, -0.1) is 0 Å². The molecular formula is C22H14N8. The molecule has 8 nitrogen and oxygen atoms in total. The van der Waals surface area contributed by atoms with Crippen LogP contribution >= 0.6 is 0 Å². The normalized spacial score (nSPS) is 11.3. The van der Waals surface area contributed by atoms with Gasteiger partial charge in [-0.1, -0.05) is 6.07 Å². The predicted octanol–water partition coefficient (Wildman–Crippen LogP) is 4.02. The molecule has 30 heavy (non-hydrogen) atoms. The lowest BCUT2D eigenvalue weighted by molar-refractivity contribution is 1.11. The van der Waals surface area contributed by atoms with E-state index in [9.17, 15) is 0 Å². The Morgan fingerprint density at radius 1 is 0.733 bits per heavy atom. The zero-order chi connectivity index (χ0) is 19.9. The van der Waals surface area contributed by atoms with Gasteiger partial charge in [0.25, 0.3) is 0 Å². The molecule has 0 atom stereocenters. The maximum absolute atomic E-state index is 4.53. The first-order chi connectivity index (χ1) is 14.9. The Morgan fingerprint density at radius 2 is 1.70 bits per heavy atom. The summed E-state index contributed by atoms with van der Waals surface area (Å²) < 4.78 is 0. The fourth-order valence-electron chi connectivity index (χ4n) is 3.62. The standard InChI is InChI=1S/C22H14N8/c1-2-13(10-23-4-1)14-3-5-26-22-15(14)8-18(28-22)21-16-9-17(20-11-24-6-7-25-20)27-12-19(16)29-30-21/h1-12H,(H,26,28)(H,29,30). The molecule has 0 aromatic carbocycles. The second-order valence-electron chi connectivity index (χ2n) is 6.82. The van der Waals surface area contributed by atoms with E-state index in [0.29, 0.717) is 5.69 Å². The van der Waals surface area contributed by atoms with Crippen molar-refractivity contribution in [2.24, 2.45) is 0 Å². The molecule has 0 amide bonds. The molecule has 0 aliphatic heterocycles. The van der Waals surface area contributed by atoms with Gasteiger partial charge in [0.2, 0.25) is 0 Å². The minimum Gasteiger partial charge on any atom is -0.338 e. The van der Waals surface area contributed by atoms with Crippen LogP contribution < -0.4 is 0 Å². The van der Waals surface area contributed by atoms with Crippen molar-refractivity contribution in [1.29, 1.82) is 0 Å². The Bertz CT molecular complexity index is 1490. The molecule has 0 saturated heterocycles. The Balaban J connectivity index is 1.52. The average molecular weight is 390 g/mol. The van der Waals surface area contributed by atoms with Crippen LogP contribution in [0.2, 0.25) is 0 Å². The van der Waals surface area contributed by atoms with Gasteiger partial charge in [-0.3, -0.25) is 25.0 Å². The summed E-state index contributed by atoms with van der Waals surface area (Å²) in [4.78, 5) is 25.1. The number of hydrogen-bond donors (Lipinski definition) is 2. The molecule has 0 fully saturated rings. The van der Waals surface area contributed by atoms with Crippen LogP contribution in [0.1, 0.15) is 0 Å². The molecule has 6 heterocycles. The second-order valence-corrected chi connectivity index (χ2v) is 6.82. The smallest absolute Gasteiger partial charge is 0.138 e. The first-order valence-corrected chi connectivity index (χ1v) is 9.36. The average Bonchev–Trinajstić information content (AvgIpc) is 3.43. The second kappa shape index (κ2) is 6.56. The van der Waals surface area contributed by atoms with Gasteiger partial charge in [-0.25, -0.2) is 4.98 Å². The number of pyridine rings is 3. The number of aromatic nitrogens is 8. The van der Waals surface area contributed by atoms with E-state index in [0.717, 1.165) is 50.1 Å². The molecule has 0 radical (unpaired) electrons. The van der Waals surface area contributed by atoms with Gasteiger partial charge >= 0.3 is 0 Å². The highest BCUT2D eigenvalue weighted by atomic mass is 15.1. The number of hydrogen-bond acceptors (Lipinski definition) is 6. The Morgan fingerprint density at radius 3 is 2.57 bits per heavy atom. The van der Waals surface area contributed by atoms with Crippen LogP contribution in [0.3, 0.4) is 0 Å². The van der Waals surface area contributed by atoms with Gasteiger partial charge in [0, 0.05) is 47.3 Å². The molecule has 2 N–H and O–H groups in total. The molecule has 0 aliphatic rings. The highest BCUT2D eigenvalue weighted by Gasteiger charge is 2.15. The van der Waals surface area contributed by atoms with E-state index >= 15 is 0 Å². The first-order valence-electron chi connectivity index (χ1n) is 9.36. The van der Waals surface area contributed by atoms with Crippen LogP contribution in [0.4, 0.5) is 0 Å². The molecule has 142 valence electrons. The SMILES string of the molecule is c1cncc(-c2ccnc3[nH]c(-c4n[nH]c5cnc(-c6cnccn6)cc45)cc23)c1. The van der Waals surface area contributed by atoms with E-state index in [1.165, 1.54) is 0 Å². The highest BCUT2D eigenvalue weighted by molar-refractivity contribution is 6.00. The van der Waals surface area contributed by atoms with Crippen molar-refractivity contribution in [3.63, 3.8) is 0 Å². The Hall–Kier alpha value is -4.46. The predicted molar refractivity (Wildman–Crippen MR) is 113 cm³/mol. The topological polar surface area (TPSA) is 109 Å². The van der Waals surface area contributed by atoms with E-state index in [-0.39, 0.29) is 0 Å². The van der Waals surface area contributed by atoms with Crippen molar-refractivity contribution in [3.05, 3.63) is 73.7 Å². The number of H-pyrrole nitrogens is 2. The van der Waals surface area contributed by atoms with Gasteiger partial charge in [0.1, 0.15) is 17.0 Å². The fraction of sp³-hybridized carbons (Fsp3) is 0. The van der Waals surface area contributed by atoms with Crippen molar-refractivity contribution >= 4 is 21.9 Å². The van der Waals surface area contributed by atoms with Crippen molar-refractivity contribution in [3.8, 4) is 33.9 Å². The quantitative estimate of drug-likeness (QED) is 0.472. The minimum atomic E-state index is 0.712. The molecule has 6 aromatic rings. The number of fused-ring (bicyclic) bond motifs is 2. The van der Waals surface area contributed by atoms with Crippen LogP contribution in [-0.2, 0) is 0 Å². The van der Waals surface area contributed by atoms with E-state index in [1.807, 2.05) is 30.5 Å². The first kappa shape index (κ1) is 16.5. The third-order valence-electron chi connectivity index (χ3n) is 5.03. The van der Waals surface area contributed by atoms with Crippen molar-refractivity contribution in [2.75, 3.05) is 0 Å². The summed E-state index contributed by atoms with van der Waals surface area (Å²) >= 11 is 0. The van der Waals surface area contributed by atoms with Gasteiger partial charge in [-0.05, 0) is 29.8 Å². The molecule has 0 aliphatic carbocycles. The summed E-state index contributed by atoms with van der Waals surface area (Å²) in [6, 6.07) is 10.0. The van der Waals surface area contributed by atoms with Gasteiger partial charge in [0.05, 0.1) is 29.3 Å². The van der Waals surface area contributed by atoms with E-state index < -0.39 is 0 Å². The molecule has 6 rings (SSSR count). The van der Waals surface area contributed by atoms with Crippen LogP contribution in [0.15, 0.2) is 73.7 Å². The minimum absolute atomic E-state index is 0.712. The molecule has 6 aromatic heterocycles. The number of aromatic amines is 2. The summed E-state index contributed by atoms with van der Waals surface area (Å²) in [6.07, 6.45) is 12.2. The number of nitrogens with one attached hydrogen (secondary N) is 2. The van der Waals surface area contributed by atoms with Gasteiger partial charge in [-0.2, -0.15) is 5.10 Å². The lowest BCUT2D eigenvalue weighted by Crippen LogP contribution is -1.88. The number of nitrogens with zero attached hydrogens (tertiary/aromatic N) is 6. The zero-order valence-corrected chi connectivity index (χ0v) is 15.6. The largest absolute Gasteiger partial charge is 0.338 e. The molecule has 0 bridgehead atoms. The molecule has 0 unspecified atom stereocenters. The molecule has 0 saturated carbocycles. The monoisotopic (exact) mass is 390 g/mol. The fourth-order valence-corrected chi connectivity index (χ4v) is 3.62. The van der Waals surface area contributed by atoms with Crippen molar-refractivity contribution in [2.45, 2.75) is 0 Å². The zero-order valence-electron chi connectivity index (χ0n) is 15.6. The Kier molecular flexibility index (Phi) is 3.60. The van der Waals surface area contributed by atoms with E-state index in [1.54, 1.807) is 37.2 Å². The molecular weight excluding hydrogens is 376 g/mol. The lowest BCUT2D eigenvalue weighted by Gasteiger charge is -2.01. The highest BCUT2D eigenvalue weighted by Crippen LogP contribution is 2.33. The summed E-state index contributed by atoms with van der Waals surface area (Å²) in [5.74, 6) is 0. The summed E-state index contributed by atoms with van der Waals surface area (Å²) in [6.45, 7) is 0. The van der Waals surface area contributed by atoms with Crippen LogP contribution in [0, 0.1) is 0 Å². The van der Waals surface area contributed by atoms with Crippen LogP contribution in [0.25, 0.3) is 55.8 Å². The lowest BCUT2D eigenvalue weighted by atomic mass is 10.1. The van der Waals surface area contributed by atoms with E-state index in [4.69, 9.17) is 0 Å². The molecule has 0 spiro atoms. The van der Waals surface area contributed by atoms with E-state index in [2.05, 4.69) is 46.2 Å². The summed E-state index contributed by atoms with van der Waals surface area (Å²) in [5.41, 5.74) is 6.87. The van der Waals surface area contributed by atoms with Gasteiger partial charge in [0.15, 0.2) is 0 Å². The third kappa shape index (κ3) is 2.62. The summed E-state index contributed by atoms with van der Waals surface area (Å²) in [5, 5.41) is 9.54. The van der Waals surface area contributed by atoms with Crippen molar-refractivity contribution in [1.82, 2.24) is 40.1 Å². The summed E-state index contributed by atoms with van der Waals surface area (Å²) in [7, 11) is 0. The van der Waals surface area contributed by atoms with Crippen molar-refractivity contribution < 1.29 is 0 Å². The third-order valence-corrected chi connectivity index (χ3v) is 5.03. The Labute approximate surface area is 170 Å². The maximum Gasteiger partial charge on any atom is 0.138 e. The van der Waals surface area contributed by atoms with Gasteiger partial charge < -0.3 is 4.98 Å².